The minimum atomic E-state index is -0.176. The highest BCUT2D eigenvalue weighted by molar-refractivity contribution is 5.77. The first-order valence-electron chi connectivity index (χ1n) is 6.90. The summed E-state index contributed by atoms with van der Waals surface area (Å²) in [6.07, 6.45) is 2.06. The Hall–Kier alpha value is -1.42. The van der Waals surface area contributed by atoms with Crippen LogP contribution in [0.5, 0.6) is 0 Å². The number of benzene rings is 1. The molecule has 2 N–H and O–H groups in total. The van der Waals surface area contributed by atoms with Crippen LogP contribution >= 0.6 is 0 Å². The summed E-state index contributed by atoms with van der Waals surface area (Å²) in [6, 6.07) is 6.83. The molecule has 1 aliphatic carbocycles. The van der Waals surface area contributed by atoms with E-state index < -0.39 is 0 Å². The summed E-state index contributed by atoms with van der Waals surface area (Å²) in [7, 11) is 0. The molecule has 1 saturated carbocycles. The summed E-state index contributed by atoms with van der Waals surface area (Å²) in [6.45, 7) is 2.81. The summed E-state index contributed by atoms with van der Waals surface area (Å²) >= 11 is 0. The van der Waals surface area contributed by atoms with Gasteiger partial charge in [-0.05, 0) is 48.9 Å². The Labute approximate surface area is 112 Å². The summed E-state index contributed by atoms with van der Waals surface area (Å²) < 4.78 is 12.9. The zero-order chi connectivity index (χ0) is 13.4. The molecule has 1 aliphatic heterocycles. The van der Waals surface area contributed by atoms with Gasteiger partial charge in [0.15, 0.2) is 0 Å². The Kier molecular flexibility index (Phi) is 3.27. The van der Waals surface area contributed by atoms with E-state index in [1.165, 1.54) is 24.1 Å². The zero-order valence-electron chi connectivity index (χ0n) is 10.9. The summed E-state index contributed by atoms with van der Waals surface area (Å²) in [5.41, 5.74) is 6.57. The number of nitrogens with zero attached hydrogens (tertiary/aromatic N) is 1. The van der Waals surface area contributed by atoms with Gasteiger partial charge in [-0.3, -0.25) is 4.79 Å². The molecule has 1 heterocycles. The highest BCUT2D eigenvalue weighted by atomic mass is 19.1. The van der Waals surface area contributed by atoms with Crippen LogP contribution in [0.1, 0.15) is 24.3 Å². The van der Waals surface area contributed by atoms with Gasteiger partial charge in [0.25, 0.3) is 0 Å². The Morgan fingerprint density at radius 2 is 2.11 bits per heavy atom. The van der Waals surface area contributed by atoms with Crippen molar-refractivity contribution in [2.24, 2.45) is 17.6 Å². The van der Waals surface area contributed by atoms with Crippen LogP contribution in [0.25, 0.3) is 0 Å². The largest absolute Gasteiger partial charge is 0.369 e. The minimum absolute atomic E-state index is 0.0306. The van der Waals surface area contributed by atoms with Crippen molar-refractivity contribution in [3.8, 4) is 0 Å². The molecule has 0 bridgehead atoms. The van der Waals surface area contributed by atoms with Gasteiger partial charge in [-0.25, -0.2) is 4.39 Å². The normalized spacial score (nSPS) is 30.5. The summed E-state index contributed by atoms with van der Waals surface area (Å²) in [5.74, 6) is 0.895. The lowest BCUT2D eigenvalue weighted by molar-refractivity contribution is -0.121. The number of primary amides is 1. The third-order valence-corrected chi connectivity index (χ3v) is 4.39. The van der Waals surface area contributed by atoms with Crippen LogP contribution in [-0.4, -0.2) is 30.4 Å². The first-order chi connectivity index (χ1) is 9.13. The highest BCUT2D eigenvalue weighted by Gasteiger charge is 2.40. The summed E-state index contributed by atoms with van der Waals surface area (Å²) in [4.78, 5) is 13.5. The molecule has 1 aromatic carbocycles. The lowest BCUT2D eigenvalue weighted by Crippen LogP contribution is -2.28. The van der Waals surface area contributed by atoms with E-state index in [4.69, 9.17) is 5.73 Å². The molecule has 2 aliphatic rings. The molecule has 1 aromatic rings. The Bertz CT molecular complexity index is 474. The van der Waals surface area contributed by atoms with Crippen molar-refractivity contribution in [2.45, 2.75) is 18.8 Å². The average molecular weight is 262 g/mol. The SMILES string of the molecule is NC(=O)C1CCN(CC2CC2c2ccc(F)cc2)C1. The molecule has 3 rings (SSSR count). The van der Waals surface area contributed by atoms with Crippen LogP contribution < -0.4 is 5.73 Å². The zero-order valence-corrected chi connectivity index (χ0v) is 10.9. The van der Waals surface area contributed by atoms with Crippen molar-refractivity contribution >= 4 is 5.91 Å². The molecule has 19 heavy (non-hydrogen) atoms. The van der Waals surface area contributed by atoms with Gasteiger partial charge in [0.2, 0.25) is 5.91 Å². The van der Waals surface area contributed by atoms with Crippen molar-refractivity contribution in [3.63, 3.8) is 0 Å². The predicted molar refractivity (Wildman–Crippen MR) is 71.0 cm³/mol. The van der Waals surface area contributed by atoms with Gasteiger partial charge in [0.1, 0.15) is 5.82 Å². The van der Waals surface area contributed by atoms with Crippen LogP contribution in [0, 0.1) is 17.7 Å². The molecule has 0 spiro atoms. The first-order valence-corrected chi connectivity index (χ1v) is 6.90. The fraction of sp³-hybridized carbons (Fsp3) is 0.533. The van der Waals surface area contributed by atoms with Gasteiger partial charge in [0.05, 0.1) is 5.92 Å². The van der Waals surface area contributed by atoms with Gasteiger partial charge in [0, 0.05) is 13.1 Å². The molecule has 3 atom stereocenters. The topological polar surface area (TPSA) is 46.3 Å². The standard InChI is InChI=1S/C15H19FN2O/c16-13-3-1-10(2-4-13)14-7-12(14)9-18-6-5-11(8-18)15(17)19/h1-4,11-12,14H,5-9H2,(H2,17,19). The molecule has 1 saturated heterocycles. The van der Waals surface area contributed by atoms with Gasteiger partial charge in [-0.15, -0.1) is 0 Å². The second-order valence-electron chi connectivity index (χ2n) is 5.80. The molecular formula is C15H19FN2O. The quantitative estimate of drug-likeness (QED) is 0.898. The lowest BCUT2D eigenvalue weighted by Gasteiger charge is -2.15. The lowest BCUT2D eigenvalue weighted by atomic mass is 10.1. The number of nitrogens with two attached hydrogens (primary N) is 1. The molecule has 0 aromatic heterocycles. The number of rotatable bonds is 4. The van der Waals surface area contributed by atoms with Crippen LogP contribution in [0.4, 0.5) is 4.39 Å². The molecule has 4 heteroatoms. The number of carbonyl (C=O) groups excluding carboxylic acids is 1. The van der Waals surface area contributed by atoms with E-state index in [0.29, 0.717) is 11.8 Å². The monoisotopic (exact) mass is 262 g/mol. The van der Waals surface area contributed by atoms with Crippen molar-refractivity contribution in [1.29, 1.82) is 0 Å². The molecular weight excluding hydrogens is 243 g/mol. The van der Waals surface area contributed by atoms with E-state index in [0.717, 1.165) is 26.1 Å². The van der Waals surface area contributed by atoms with Crippen molar-refractivity contribution in [1.82, 2.24) is 4.90 Å². The van der Waals surface area contributed by atoms with E-state index >= 15 is 0 Å². The number of carbonyl (C=O) groups is 1. The Morgan fingerprint density at radius 1 is 1.37 bits per heavy atom. The Morgan fingerprint density at radius 3 is 2.74 bits per heavy atom. The van der Waals surface area contributed by atoms with Gasteiger partial charge < -0.3 is 10.6 Å². The van der Waals surface area contributed by atoms with Gasteiger partial charge in [-0.2, -0.15) is 0 Å². The van der Waals surface area contributed by atoms with Crippen LogP contribution in [0.2, 0.25) is 0 Å². The number of halogens is 1. The average Bonchev–Trinajstić information content (AvgIpc) is 2.97. The maximum Gasteiger partial charge on any atom is 0.221 e. The molecule has 1 amide bonds. The second kappa shape index (κ2) is 4.93. The molecule has 0 radical (unpaired) electrons. The van der Waals surface area contributed by atoms with Gasteiger partial charge >= 0.3 is 0 Å². The van der Waals surface area contributed by atoms with Crippen LogP contribution in [0.15, 0.2) is 24.3 Å². The van der Waals surface area contributed by atoms with E-state index in [1.807, 2.05) is 12.1 Å². The van der Waals surface area contributed by atoms with Crippen LogP contribution in [0.3, 0.4) is 0 Å². The van der Waals surface area contributed by atoms with E-state index in [-0.39, 0.29) is 17.6 Å². The van der Waals surface area contributed by atoms with Crippen molar-refractivity contribution in [2.75, 3.05) is 19.6 Å². The van der Waals surface area contributed by atoms with E-state index in [9.17, 15) is 9.18 Å². The number of likely N-dealkylation sites (tertiary alicyclic amines) is 1. The minimum Gasteiger partial charge on any atom is -0.369 e. The molecule has 102 valence electrons. The predicted octanol–water partition coefficient (Wildman–Crippen LogP) is 1.74. The first kappa shape index (κ1) is 12.6. The number of hydrogen-bond donors (Lipinski definition) is 1. The van der Waals surface area contributed by atoms with Crippen molar-refractivity contribution in [3.05, 3.63) is 35.6 Å². The van der Waals surface area contributed by atoms with Crippen LogP contribution in [-0.2, 0) is 4.79 Å². The van der Waals surface area contributed by atoms with Gasteiger partial charge in [-0.1, -0.05) is 12.1 Å². The molecule has 3 unspecified atom stereocenters. The number of amides is 1. The fourth-order valence-corrected chi connectivity index (χ4v) is 3.13. The third kappa shape index (κ3) is 2.78. The molecule has 2 fully saturated rings. The fourth-order valence-electron chi connectivity index (χ4n) is 3.13. The van der Waals surface area contributed by atoms with E-state index in [2.05, 4.69) is 4.90 Å². The summed E-state index contributed by atoms with van der Waals surface area (Å²) in [5, 5.41) is 0. The molecule has 3 nitrogen and oxygen atoms in total. The highest BCUT2D eigenvalue weighted by Crippen LogP contribution is 2.48. The van der Waals surface area contributed by atoms with E-state index in [1.54, 1.807) is 0 Å². The van der Waals surface area contributed by atoms with Crippen molar-refractivity contribution < 1.29 is 9.18 Å². The maximum absolute atomic E-state index is 12.9. The maximum atomic E-state index is 12.9. The Balaban J connectivity index is 1.51. The second-order valence-corrected chi connectivity index (χ2v) is 5.80. The number of hydrogen-bond acceptors (Lipinski definition) is 2. The smallest absolute Gasteiger partial charge is 0.221 e. The third-order valence-electron chi connectivity index (χ3n) is 4.39.